The lowest BCUT2D eigenvalue weighted by atomic mass is 9.99. The third-order valence-electron chi connectivity index (χ3n) is 4.16. The average molecular weight is 355 g/mol. The van der Waals surface area contributed by atoms with Crippen molar-refractivity contribution in [3.05, 3.63) is 60.2 Å². The lowest BCUT2D eigenvalue weighted by molar-refractivity contribution is -0.140. The second kappa shape index (κ2) is 10.2. The quantitative estimate of drug-likeness (QED) is 0.514. The monoisotopic (exact) mass is 355 g/mol. The fourth-order valence-electron chi connectivity index (χ4n) is 2.77. The normalized spacial score (nSPS) is 11.5. The Balaban J connectivity index is 2.07. The number of esters is 1. The second-order valence-corrected chi connectivity index (χ2v) is 6.00. The van der Waals surface area contributed by atoms with Crippen LogP contribution in [0.2, 0.25) is 0 Å². The number of ether oxygens (including phenoxy) is 2. The Hall–Kier alpha value is -2.82. The molecule has 0 radical (unpaired) electrons. The van der Waals surface area contributed by atoms with Crippen molar-refractivity contribution in [2.24, 2.45) is 0 Å². The summed E-state index contributed by atoms with van der Waals surface area (Å²) in [6.45, 7) is 0. The first-order chi connectivity index (χ1) is 12.6. The molecule has 1 unspecified atom stereocenters. The number of hydrogen-bond donors (Lipinski definition) is 1. The van der Waals surface area contributed by atoms with Gasteiger partial charge in [0.2, 0.25) is 0 Å². The van der Waals surface area contributed by atoms with Gasteiger partial charge in [0.25, 0.3) is 0 Å². The largest absolute Gasteiger partial charge is 0.495 e. The van der Waals surface area contributed by atoms with Crippen LogP contribution in [-0.4, -0.2) is 32.0 Å². The first-order valence-corrected chi connectivity index (χ1v) is 8.68. The van der Waals surface area contributed by atoms with Gasteiger partial charge in [0.05, 0.1) is 19.9 Å². The van der Waals surface area contributed by atoms with Crippen molar-refractivity contribution in [2.75, 3.05) is 19.5 Å². The Bertz CT molecular complexity index is 715. The Labute approximate surface area is 154 Å². The van der Waals surface area contributed by atoms with Crippen LogP contribution in [0.15, 0.2) is 54.6 Å². The van der Waals surface area contributed by atoms with Gasteiger partial charge < -0.3 is 14.8 Å². The van der Waals surface area contributed by atoms with E-state index in [-0.39, 0.29) is 17.8 Å². The molecule has 1 N–H and O–H groups in total. The van der Waals surface area contributed by atoms with Gasteiger partial charge in [-0.05, 0) is 25.0 Å². The summed E-state index contributed by atoms with van der Waals surface area (Å²) in [6, 6.07) is 16.7. The van der Waals surface area contributed by atoms with Crippen LogP contribution in [0.3, 0.4) is 0 Å². The zero-order valence-corrected chi connectivity index (χ0v) is 15.2. The van der Waals surface area contributed by atoms with Gasteiger partial charge in [-0.15, -0.1) is 0 Å². The molecular weight excluding hydrogens is 330 g/mol. The minimum Gasteiger partial charge on any atom is -0.495 e. The van der Waals surface area contributed by atoms with E-state index >= 15 is 0 Å². The van der Waals surface area contributed by atoms with Crippen molar-refractivity contribution in [3.63, 3.8) is 0 Å². The highest BCUT2D eigenvalue weighted by Gasteiger charge is 2.17. The molecule has 0 saturated carbocycles. The van der Waals surface area contributed by atoms with E-state index in [2.05, 4.69) is 5.32 Å². The molecule has 0 bridgehead atoms. The molecule has 0 spiro atoms. The Morgan fingerprint density at radius 1 is 1.00 bits per heavy atom. The van der Waals surface area contributed by atoms with Crippen LogP contribution >= 0.6 is 0 Å². The van der Waals surface area contributed by atoms with Gasteiger partial charge in [0.1, 0.15) is 5.75 Å². The van der Waals surface area contributed by atoms with Crippen LogP contribution in [0.25, 0.3) is 0 Å². The van der Waals surface area contributed by atoms with Crippen LogP contribution < -0.4 is 10.1 Å². The summed E-state index contributed by atoms with van der Waals surface area (Å²) in [5, 5.41) is 3.39. The maximum Gasteiger partial charge on any atom is 0.305 e. The van der Waals surface area contributed by atoms with Crippen LogP contribution in [-0.2, 0) is 9.53 Å². The second-order valence-electron chi connectivity index (χ2n) is 6.00. The number of carbonyl (C=O) groups excluding carboxylic acids is 2. The molecule has 0 amide bonds. The molecule has 0 aliphatic rings. The lowest BCUT2D eigenvalue weighted by Crippen LogP contribution is -2.24. The van der Waals surface area contributed by atoms with Gasteiger partial charge >= 0.3 is 5.97 Å². The third kappa shape index (κ3) is 5.92. The summed E-state index contributed by atoms with van der Waals surface area (Å²) in [5.74, 6) is 0.545. The summed E-state index contributed by atoms with van der Waals surface area (Å²) >= 11 is 0. The molecule has 0 saturated heterocycles. The van der Waals surface area contributed by atoms with Gasteiger partial charge in [-0.2, -0.15) is 0 Å². The maximum absolute atomic E-state index is 12.6. The smallest absolute Gasteiger partial charge is 0.305 e. The number of anilines is 1. The van der Waals surface area contributed by atoms with E-state index in [1.165, 1.54) is 7.11 Å². The van der Waals surface area contributed by atoms with Gasteiger partial charge in [-0.3, -0.25) is 9.59 Å². The number of methoxy groups -OCH3 is 2. The van der Waals surface area contributed by atoms with Crippen LogP contribution in [0, 0.1) is 0 Å². The number of nitrogens with one attached hydrogen (secondary N) is 1. The van der Waals surface area contributed by atoms with Crippen molar-refractivity contribution < 1.29 is 19.1 Å². The van der Waals surface area contributed by atoms with E-state index < -0.39 is 0 Å². The van der Waals surface area contributed by atoms with E-state index in [1.54, 1.807) is 7.11 Å². The van der Waals surface area contributed by atoms with Crippen molar-refractivity contribution in [2.45, 2.75) is 31.7 Å². The van der Waals surface area contributed by atoms with E-state index in [1.807, 2.05) is 54.6 Å². The molecule has 1 atom stereocenters. The molecule has 2 aromatic carbocycles. The van der Waals surface area contributed by atoms with Crippen molar-refractivity contribution in [1.82, 2.24) is 0 Å². The topological polar surface area (TPSA) is 64.6 Å². The third-order valence-corrected chi connectivity index (χ3v) is 4.16. The molecule has 26 heavy (non-hydrogen) atoms. The number of benzene rings is 2. The summed E-state index contributed by atoms with van der Waals surface area (Å²) in [5.41, 5.74) is 1.52. The number of rotatable bonds is 10. The molecule has 0 fully saturated rings. The zero-order chi connectivity index (χ0) is 18.8. The van der Waals surface area contributed by atoms with Crippen LogP contribution in [0.5, 0.6) is 5.75 Å². The standard InChI is InChI=1S/C21H25NO4/c1-25-20-13-7-6-12-18(20)22-17(11-8-14-21(24)26-2)15-19(23)16-9-4-3-5-10-16/h3-7,9-10,12-13,17,22H,8,11,14-15H2,1-2H3. The molecule has 138 valence electrons. The van der Waals surface area contributed by atoms with Gasteiger partial charge in [0.15, 0.2) is 5.78 Å². The fraction of sp³-hybridized carbons (Fsp3) is 0.333. The summed E-state index contributed by atoms with van der Waals surface area (Å²) < 4.78 is 10.1. The summed E-state index contributed by atoms with van der Waals surface area (Å²) in [6.07, 6.45) is 1.98. The summed E-state index contributed by atoms with van der Waals surface area (Å²) in [4.78, 5) is 24.0. The molecule has 5 heteroatoms. The minimum absolute atomic E-state index is 0.0658. The molecule has 0 aromatic heterocycles. The first-order valence-electron chi connectivity index (χ1n) is 8.68. The molecule has 0 heterocycles. The highest BCUT2D eigenvalue weighted by molar-refractivity contribution is 5.96. The summed E-state index contributed by atoms with van der Waals surface area (Å²) in [7, 11) is 2.99. The van der Waals surface area contributed by atoms with Gasteiger partial charge in [-0.25, -0.2) is 0 Å². The fourth-order valence-corrected chi connectivity index (χ4v) is 2.77. The molecular formula is C21H25NO4. The van der Waals surface area contributed by atoms with Crippen LogP contribution in [0.4, 0.5) is 5.69 Å². The highest BCUT2D eigenvalue weighted by atomic mass is 16.5. The lowest BCUT2D eigenvalue weighted by Gasteiger charge is -2.21. The Morgan fingerprint density at radius 2 is 1.69 bits per heavy atom. The molecule has 5 nitrogen and oxygen atoms in total. The van der Waals surface area contributed by atoms with E-state index in [0.29, 0.717) is 31.2 Å². The minimum atomic E-state index is -0.240. The predicted octanol–water partition coefficient (Wildman–Crippen LogP) is 4.09. The van der Waals surface area contributed by atoms with Crippen LogP contribution in [0.1, 0.15) is 36.0 Å². The molecule has 2 rings (SSSR count). The molecule has 0 aliphatic heterocycles. The molecule has 0 aliphatic carbocycles. The number of ketones is 1. The predicted molar refractivity (Wildman–Crippen MR) is 102 cm³/mol. The van der Waals surface area contributed by atoms with Crippen molar-refractivity contribution in [3.8, 4) is 5.75 Å². The Morgan fingerprint density at radius 3 is 2.38 bits per heavy atom. The number of para-hydroxylation sites is 2. The highest BCUT2D eigenvalue weighted by Crippen LogP contribution is 2.26. The first kappa shape index (κ1) is 19.5. The van der Waals surface area contributed by atoms with E-state index in [0.717, 1.165) is 11.4 Å². The van der Waals surface area contributed by atoms with Crippen molar-refractivity contribution in [1.29, 1.82) is 0 Å². The van der Waals surface area contributed by atoms with E-state index in [9.17, 15) is 9.59 Å². The number of carbonyl (C=O) groups is 2. The number of Topliss-reactive ketones (excluding diaryl/α,β-unsaturated/α-hetero) is 1. The van der Waals surface area contributed by atoms with Gasteiger partial charge in [0, 0.05) is 24.4 Å². The average Bonchev–Trinajstić information content (AvgIpc) is 2.68. The SMILES string of the molecule is COC(=O)CCCC(CC(=O)c1ccccc1)Nc1ccccc1OC. The maximum atomic E-state index is 12.6. The van der Waals surface area contributed by atoms with Crippen molar-refractivity contribution >= 4 is 17.4 Å². The Kier molecular flexibility index (Phi) is 7.68. The van der Waals surface area contributed by atoms with Gasteiger partial charge in [-0.1, -0.05) is 42.5 Å². The molecule has 2 aromatic rings. The van der Waals surface area contributed by atoms with E-state index in [4.69, 9.17) is 9.47 Å². The zero-order valence-electron chi connectivity index (χ0n) is 15.2. The number of hydrogen-bond acceptors (Lipinski definition) is 5.